The van der Waals surface area contributed by atoms with E-state index < -0.39 is 5.60 Å². The van der Waals surface area contributed by atoms with Crippen molar-refractivity contribution in [3.63, 3.8) is 0 Å². The van der Waals surface area contributed by atoms with Gasteiger partial charge in [-0.15, -0.1) is 0 Å². The standard InChI is InChI=1S/C15H31N3O3/c1-13-11-17(12-13)6-7-18(8-10-20-9-5-16)14(19)21-15(2,3)4/h13H,5-12,16H2,1-4H3. The summed E-state index contributed by atoms with van der Waals surface area (Å²) in [5, 5.41) is 0. The van der Waals surface area contributed by atoms with Crippen LogP contribution in [0.4, 0.5) is 4.79 Å². The highest BCUT2D eigenvalue weighted by Gasteiger charge is 2.25. The molecule has 2 N–H and O–H groups in total. The molecule has 0 atom stereocenters. The number of ether oxygens (including phenoxy) is 2. The number of hydrogen-bond acceptors (Lipinski definition) is 5. The highest BCUT2D eigenvalue weighted by molar-refractivity contribution is 5.68. The molecule has 0 saturated carbocycles. The highest BCUT2D eigenvalue weighted by Crippen LogP contribution is 2.14. The van der Waals surface area contributed by atoms with E-state index in [2.05, 4.69) is 11.8 Å². The Balaban J connectivity index is 2.38. The number of nitrogens with two attached hydrogens (primary N) is 1. The number of amides is 1. The van der Waals surface area contributed by atoms with Crippen molar-refractivity contribution in [2.24, 2.45) is 11.7 Å². The predicted molar refractivity (Wildman–Crippen MR) is 83.3 cm³/mol. The summed E-state index contributed by atoms with van der Waals surface area (Å²) < 4.78 is 10.8. The summed E-state index contributed by atoms with van der Waals surface area (Å²) in [6.45, 7) is 13.7. The third-order valence-electron chi connectivity index (χ3n) is 3.25. The summed E-state index contributed by atoms with van der Waals surface area (Å²) in [7, 11) is 0. The minimum atomic E-state index is -0.473. The van der Waals surface area contributed by atoms with Gasteiger partial charge < -0.3 is 25.0 Å². The summed E-state index contributed by atoms with van der Waals surface area (Å²) in [5.74, 6) is 0.771. The number of hydrogen-bond donors (Lipinski definition) is 1. The van der Waals surface area contributed by atoms with E-state index in [1.54, 1.807) is 4.90 Å². The van der Waals surface area contributed by atoms with E-state index in [0.717, 1.165) is 25.6 Å². The summed E-state index contributed by atoms with van der Waals surface area (Å²) in [4.78, 5) is 16.3. The van der Waals surface area contributed by atoms with Crippen molar-refractivity contribution in [2.45, 2.75) is 33.3 Å². The summed E-state index contributed by atoms with van der Waals surface area (Å²) >= 11 is 0. The molecule has 0 aromatic rings. The fraction of sp³-hybridized carbons (Fsp3) is 0.933. The van der Waals surface area contributed by atoms with Crippen molar-refractivity contribution in [1.29, 1.82) is 0 Å². The second-order valence-corrected chi connectivity index (χ2v) is 6.73. The third kappa shape index (κ3) is 7.64. The molecule has 0 radical (unpaired) electrons. The van der Waals surface area contributed by atoms with Gasteiger partial charge in [-0.25, -0.2) is 4.79 Å². The Kier molecular flexibility index (Phi) is 7.42. The van der Waals surface area contributed by atoms with Crippen LogP contribution in [0.15, 0.2) is 0 Å². The maximum absolute atomic E-state index is 12.2. The van der Waals surface area contributed by atoms with E-state index in [1.165, 1.54) is 0 Å². The molecule has 0 unspecified atom stereocenters. The van der Waals surface area contributed by atoms with Gasteiger partial charge in [0.05, 0.1) is 13.2 Å². The van der Waals surface area contributed by atoms with Crippen LogP contribution in [0.1, 0.15) is 27.7 Å². The Morgan fingerprint density at radius 2 is 1.95 bits per heavy atom. The van der Waals surface area contributed by atoms with Gasteiger partial charge in [-0.2, -0.15) is 0 Å². The molecular formula is C15H31N3O3. The van der Waals surface area contributed by atoms with Gasteiger partial charge in [0.15, 0.2) is 0 Å². The molecule has 1 amide bonds. The van der Waals surface area contributed by atoms with Gasteiger partial charge in [-0.3, -0.25) is 0 Å². The van der Waals surface area contributed by atoms with Crippen molar-refractivity contribution >= 4 is 6.09 Å². The van der Waals surface area contributed by atoms with E-state index in [0.29, 0.717) is 32.8 Å². The largest absolute Gasteiger partial charge is 0.444 e. The normalized spacial score (nSPS) is 16.6. The van der Waals surface area contributed by atoms with Gasteiger partial charge in [-0.1, -0.05) is 6.92 Å². The SMILES string of the molecule is CC1CN(CCN(CCOCCN)C(=O)OC(C)(C)C)C1. The maximum atomic E-state index is 12.2. The van der Waals surface area contributed by atoms with Crippen LogP contribution in [0.5, 0.6) is 0 Å². The van der Waals surface area contributed by atoms with Gasteiger partial charge >= 0.3 is 6.09 Å². The third-order valence-corrected chi connectivity index (χ3v) is 3.25. The van der Waals surface area contributed by atoms with E-state index in [1.807, 2.05) is 20.8 Å². The van der Waals surface area contributed by atoms with E-state index in [9.17, 15) is 4.79 Å². The highest BCUT2D eigenvalue weighted by atomic mass is 16.6. The van der Waals surface area contributed by atoms with Crippen LogP contribution in [-0.2, 0) is 9.47 Å². The molecule has 0 spiro atoms. The minimum absolute atomic E-state index is 0.271. The van der Waals surface area contributed by atoms with Crippen molar-refractivity contribution in [3.8, 4) is 0 Å². The molecule has 1 aliphatic rings. The fourth-order valence-corrected chi connectivity index (χ4v) is 2.25. The first kappa shape index (κ1) is 18.2. The fourth-order valence-electron chi connectivity index (χ4n) is 2.25. The molecule has 0 aliphatic carbocycles. The lowest BCUT2D eigenvalue weighted by Crippen LogP contribution is -2.50. The number of carbonyl (C=O) groups is 1. The topological polar surface area (TPSA) is 68.0 Å². The number of carbonyl (C=O) groups excluding carboxylic acids is 1. The summed E-state index contributed by atoms with van der Waals surface area (Å²) in [6.07, 6.45) is -0.271. The Morgan fingerprint density at radius 1 is 1.29 bits per heavy atom. The first-order chi connectivity index (χ1) is 9.81. The first-order valence-electron chi connectivity index (χ1n) is 7.80. The molecule has 21 heavy (non-hydrogen) atoms. The van der Waals surface area contributed by atoms with Crippen molar-refractivity contribution in [2.75, 3.05) is 52.5 Å². The predicted octanol–water partition coefficient (Wildman–Crippen LogP) is 1.15. The molecule has 0 bridgehead atoms. The van der Waals surface area contributed by atoms with Crippen molar-refractivity contribution < 1.29 is 14.3 Å². The van der Waals surface area contributed by atoms with Crippen molar-refractivity contribution in [1.82, 2.24) is 9.80 Å². The smallest absolute Gasteiger partial charge is 0.410 e. The van der Waals surface area contributed by atoms with Gasteiger partial charge in [0, 0.05) is 39.3 Å². The Bertz CT molecular complexity index is 312. The van der Waals surface area contributed by atoms with E-state index in [-0.39, 0.29) is 6.09 Å². The van der Waals surface area contributed by atoms with Crippen LogP contribution in [0.3, 0.4) is 0 Å². The maximum Gasteiger partial charge on any atom is 0.410 e. The number of nitrogens with zero attached hydrogens (tertiary/aromatic N) is 2. The van der Waals surface area contributed by atoms with Gasteiger partial charge in [-0.05, 0) is 26.7 Å². The van der Waals surface area contributed by atoms with Crippen LogP contribution in [0, 0.1) is 5.92 Å². The molecule has 0 aromatic heterocycles. The second-order valence-electron chi connectivity index (χ2n) is 6.73. The van der Waals surface area contributed by atoms with E-state index >= 15 is 0 Å². The zero-order valence-corrected chi connectivity index (χ0v) is 13.9. The second kappa shape index (κ2) is 8.56. The van der Waals surface area contributed by atoms with Crippen LogP contribution < -0.4 is 5.73 Å². The number of likely N-dealkylation sites (tertiary alicyclic amines) is 1. The summed E-state index contributed by atoms with van der Waals surface area (Å²) in [5.41, 5.74) is 4.92. The van der Waals surface area contributed by atoms with Crippen molar-refractivity contribution in [3.05, 3.63) is 0 Å². The molecule has 0 aromatic carbocycles. The molecule has 1 heterocycles. The molecule has 6 heteroatoms. The zero-order chi connectivity index (χ0) is 15.9. The lowest BCUT2D eigenvalue weighted by molar-refractivity contribution is 0.0124. The molecular weight excluding hydrogens is 270 g/mol. The van der Waals surface area contributed by atoms with Gasteiger partial charge in [0.2, 0.25) is 0 Å². The van der Waals surface area contributed by atoms with Gasteiger partial charge in [0.1, 0.15) is 5.60 Å². The average Bonchev–Trinajstić information content (AvgIpc) is 2.33. The average molecular weight is 301 g/mol. The lowest BCUT2D eigenvalue weighted by atomic mass is 10.0. The van der Waals surface area contributed by atoms with Crippen LogP contribution in [-0.4, -0.2) is 74.0 Å². The molecule has 124 valence electrons. The molecule has 1 fully saturated rings. The van der Waals surface area contributed by atoms with Crippen LogP contribution in [0.25, 0.3) is 0 Å². The Hall–Kier alpha value is -0.850. The number of rotatable bonds is 8. The Morgan fingerprint density at radius 3 is 2.48 bits per heavy atom. The monoisotopic (exact) mass is 301 g/mol. The molecule has 1 saturated heterocycles. The Labute approximate surface area is 128 Å². The molecule has 1 aliphatic heterocycles. The molecule has 1 rings (SSSR count). The van der Waals surface area contributed by atoms with E-state index in [4.69, 9.17) is 15.2 Å². The summed E-state index contributed by atoms with van der Waals surface area (Å²) in [6, 6.07) is 0. The minimum Gasteiger partial charge on any atom is -0.444 e. The van der Waals surface area contributed by atoms with Crippen LogP contribution in [0.2, 0.25) is 0 Å². The quantitative estimate of drug-likeness (QED) is 0.681. The lowest BCUT2D eigenvalue weighted by Gasteiger charge is -2.38. The zero-order valence-electron chi connectivity index (χ0n) is 13.9. The van der Waals surface area contributed by atoms with Gasteiger partial charge in [0.25, 0.3) is 0 Å². The first-order valence-corrected chi connectivity index (χ1v) is 7.80. The van der Waals surface area contributed by atoms with Crippen LogP contribution >= 0.6 is 0 Å². The molecule has 6 nitrogen and oxygen atoms in total.